The zero-order chi connectivity index (χ0) is 23.4. The van der Waals surface area contributed by atoms with Crippen LogP contribution in [-0.2, 0) is 9.53 Å². The number of rotatable bonds is 9. The van der Waals surface area contributed by atoms with E-state index in [1.54, 1.807) is 32.2 Å². The Kier molecular flexibility index (Phi) is 6.58. The molecule has 0 saturated heterocycles. The quantitative estimate of drug-likeness (QED) is 0.415. The van der Waals surface area contributed by atoms with E-state index < -0.39 is 24.2 Å². The Balaban J connectivity index is 1.43. The lowest BCUT2D eigenvalue weighted by atomic mass is 10.1. The first-order valence-corrected chi connectivity index (χ1v) is 10.9. The van der Waals surface area contributed by atoms with Gasteiger partial charge in [0.15, 0.2) is 5.76 Å². The molecule has 1 amide bonds. The molecule has 2 atom stereocenters. The molecule has 172 valence electrons. The van der Waals surface area contributed by atoms with E-state index in [1.165, 1.54) is 0 Å². The van der Waals surface area contributed by atoms with Crippen LogP contribution in [0.1, 0.15) is 43.5 Å². The molecule has 0 bridgehead atoms. The molecule has 1 fully saturated rings. The average molecular weight is 450 g/mol. The molecule has 1 aromatic carbocycles. The zero-order valence-electron chi connectivity index (χ0n) is 18.4. The van der Waals surface area contributed by atoms with E-state index in [2.05, 4.69) is 20.8 Å². The number of ether oxygens (including phenoxy) is 1. The Hall–Kier alpha value is -3.88. The molecule has 9 nitrogen and oxygen atoms in total. The highest BCUT2D eigenvalue weighted by Crippen LogP contribution is 2.35. The monoisotopic (exact) mass is 450 g/mol. The number of anilines is 2. The van der Waals surface area contributed by atoms with Crippen molar-refractivity contribution in [1.82, 2.24) is 10.1 Å². The van der Waals surface area contributed by atoms with Crippen molar-refractivity contribution in [3.05, 3.63) is 59.9 Å². The highest BCUT2D eigenvalue weighted by Gasteiger charge is 2.29. The third-order valence-electron chi connectivity index (χ3n) is 5.55. The van der Waals surface area contributed by atoms with Gasteiger partial charge in [0.05, 0.1) is 0 Å². The number of amides is 1. The lowest BCUT2D eigenvalue weighted by Crippen LogP contribution is -2.30. The number of nitrogens with zero attached hydrogens (tertiary/aromatic N) is 2. The van der Waals surface area contributed by atoms with Crippen molar-refractivity contribution in [2.24, 2.45) is 5.92 Å². The van der Waals surface area contributed by atoms with Crippen molar-refractivity contribution in [1.29, 1.82) is 0 Å². The Bertz CT molecular complexity index is 1110. The van der Waals surface area contributed by atoms with Gasteiger partial charge in [-0.2, -0.15) is 0 Å². The maximum atomic E-state index is 12.5. The molecule has 2 heterocycles. The van der Waals surface area contributed by atoms with Crippen LogP contribution in [0.25, 0.3) is 11.3 Å². The van der Waals surface area contributed by atoms with Crippen LogP contribution in [0.3, 0.4) is 0 Å². The Morgan fingerprint density at radius 3 is 2.61 bits per heavy atom. The van der Waals surface area contributed by atoms with E-state index in [0.29, 0.717) is 40.9 Å². The molecular formula is C24H26N4O5. The fraction of sp³-hybridized carbons (Fsp3) is 0.333. The molecule has 33 heavy (non-hydrogen) atoms. The second kappa shape index (κ2) is 9.72. The summed E-state index contributed by atoms with van der Waals surface area (Å²) in [4.78, 5) is 28.3. The van der Waals surface area contributed by atoms with Crippen molar-refractivity contribution < 1.29 is 24.0 Å². The van der Waals surface area contributed by atoms with E-state index >= 15 is 0 Å². The van der Waals surface area contributed by atoms with Gasteiger partial charge in [-0.3, -0.25) is 5.32 Å². The van der Waals surface area contributed by atoms with E-state index in [1.807, 2.05) is 30.3 Å². The molecule has 1 aliphatic carbocycles. The highest BCUT2D eigenvalue weighted by molar-refractivity contribution is 5.90. The number of aromatic nitrogens is 2. The van der Waals surface area contributed by atoms with Crippen LogP contribution in [0.2, 0.25) is 0 Å². The fourth-order valence-corrected chi connectivity index (χ4v) is 3.50. The summed E-state index contributed by atoms with van der Waals surface area (Å²) in [5.41, 5.74) is 2.34. The molecule has 9 heteroatoms. The third-order valence-corrected chi connectivity index (χ3v) is 5.55. The molecule has 1 saturated carbocycles. The second-order valence-corrected chi connectivity index (χ2v) is 8.20. The molecule has 4 rings (SSSR count). The Morgan fingerprint density at radius 1 is 1.21 bits per heavy atom. The van der Waals surface area contributed by atoms with Gasteiger partial charge in [0, 0.05) is 11.8 Å². The van der Waals surface area contributed by atoms with Crippen LogP contribution in [0.15, 0.2) is 53.2 Å². The van der Waals surface area contributed by atoms with Gasteiger partial charge in [-0.05, 0) is 43.9 Å². The maximum absolute atomic E-state index is 12.5. The number of pyridine rings is 1. The second-order valence-electron chi connectivity index (χ2n) is 8.20. The summed E-state index contributed by atoms with van der Waals surface area (Å²) in [7, 11) is 0. The lowest BCUT2D eigenvalue weighted by Gasteiger charge is -2.15. The van der Waals surface area contributed by atoms with Crippen molar-refractivity contribution in [2.75, 3.05) is 10.6 Å². The summed E-state index contributed by atoms with van der Waals surface area (Å²) in [6, 6.07) is 12.2. The molecule has 3 N–H and O–H groups in total. The number of carbonyl (C=O) groups is 2. The number of carboxylic acids is 1. The first-order chi connectivity index (χ1) is 15.9. The van der Waals surface area contributed by atoms with Gasteiger partial charge >= 0.3 is 12.1 Å². The highest BCUT2D eigenvalue weighted by atomic mass is 16.6. The third kappa shape index (κ3) is 5.68. The standard InChI is InChI=1S/C24H26N4O5/c1-14-21(27-24(31)32-15(2)17-6-4-3-5-7-17)22(33-28-14)18-10-11-20(25-13-18)26-19(23(29)30)12-16-8-9-16/h3-7,10-11,13,15-16,19H,8-9,12H2,1-2H3,(H,25,26)(H,27,31)(H,29,30). The topological polar surface area (TPSA) is 127 Å². The smallest absolute Gasteiger partial charge is 0.412 e. The van der Waals surface area contributed by atoms with Crippen LogP contribution in [0, 0.1) is 12.8 Å². The SMILES string of the molecule is Cc1noc(-c2ccc(NC(CC3CC3)C(=O)O)nc2)c1NC(=O)OC(C)c1ccccc1. The number of nitrogens with one attached hydrogen (secondary N) is 2. The molecule has 0 aliphatic heterocycles. The van der Waals surface area contributed by atoms with Gasteiger partial charge in [-0.25, -0.2) is 14.6 Å². The first kappa shape index (κ1) is 22.3. The number of hydrogen-bond acceptors (Lipinski definition) is 7. The van der Waals surface area contributed by atoms with Gasteiger partial charge in [0.1, 0.15) is 29.3 Å². The first-order valence-electron chi connectivity index (χ1n) is 10.9. The molecule has 1 aliphatic rings. The Morgan fingerprint density at radius 2 is 1.97 bits per heavy atom. The lowest BCUT2D eigenvalue weighted by molar-refractivity contribution is -0.138. The number of benzene rings is 1. The van der Waals surface area contributed by atoms with Crippen LogP contribution in [-0.4, -0.2) is 33.4 Å². The summed E-state index contributed by atoms with van der Waals surface area (Å²) in [5.74, 6) is 0.360. The van der Waals surface area contributed by atoms with Crippen LogP contribution < -0.4 is 10.6 Å². The minimum Gasteiger partial charge on any atom is -0.480 e. The van der Waals surface area contributed by atoms with Gasteiger partial charge in [-0.15, -0.1) is 0 Å². The molecule has 0 radical (unpaired) electrons. The summed E-state index contributed by atoms with van der Waals surface area (Å²) in [5, 5.41) is 19.1. The average Bonchev–Trinajstić information content (AvgIpc) is 3.56. The van der Waals surface area contributed by atoms with Gasteiger partial charge in [0.2, 0.25) is 0 Å². The number of carbonyl (C=O) groups excluding carboxylic acids is 1. The predicted octanol–water partition coefficient (Wildman–Crippen LogP) is 5.02. The molecule has 2 unspecified atom stereocenters. The minimum absolute atomic E-state index is 0.337. The van der Waals surface area contributed by atoms with Crippen molar-refractivity contribution in [2.45, 2.75) is 45.3 Å². The number of aryl methyl sites for hydroxylation is 1. The zero-order valence-corrected chi connectivity index (χ0v) is 18.4. The number of carboxylic acid groups (broad SMARTS) is 1. The van der Waals surface area contributed by atoms with Gasteiger partial charge in [-0.1, -0.05) is 48.3 Å². The summed E-state index contributed by atoms with van der Waals surface area (Å²) < 4.78 is 10.9. The van der Waals surface area contributed by atoms with E-state index in [4.69, 9.17) is 9.26 Å². The molecule has 0 spiro atoms. The predicted molar refractivity (Wildman–Crippen MR) is 122 cm³/mol. The number of aliphatic carboxylic acids is 1. The number of hydrogen-bond donors (Lipinski definition) is 3. The molecular weight excluding hydrogens is 424 g/mol. The Labute approximate surface area is 191 Å². The van der Waals surface area contributed by atoms with Crippen molar-refractivity contribution >= 4 is 23.6 Å². The summed E-state index contributed by atoms with van der Waals surface area (Å²) in [6.07, 6.45) is 3.21. The molecule has 3 aromatic rings. The van der Waals surface area contributed by atoms with Crippen LogP contribution in [0.4, 0.5) is 16.3 Å². The van der Waals surface area contributed by atoms with E-state index in [9.17, 15) is 14.7 Å². The fourth-order valence-electron chi connectivity index (χ4n) is 3.50. The van der Waals surface area contributed by atoms with E-state index in [0.717, 1.165) is 18.4 Å². The van der Waals surface area contributed by atoms with Crippen molar-refractivity contribution in [3.63, 3.8) is 0 Å². The van der Waals surface area contributed by atoms with Crippen molar-refractivity contribution in [3.8, 4) is 11.3 Å². The summed E-state index contributed by atoms with van der Waals surface area (Å²) >= 11 is 0. The maximum Gasteiger partial charge on any atom is 0.412 e. The van der Waals surface area contributed by atoms with Gasteiger partial charge in [0.25, 0.3) is 0 Å². The van der Waals surface area contributed by atoms with E-state index in [-0.39, 0.29) is 0 Å². The normalized spacial score (nSPS) is 14.8. The van der Waals surface area contributed by atoms with Gasteiger partial charge < -0.3 is 19.7 Å². The largest absolute Gasteiger partial charge is 0.480 e. The van der Waals surface area contributed by atoms with Crippen LogP contribution in [0.5, 0.6) is 0 Å². The minimum atomic E-state index is -0.895. The molecule has 2 aromatic heterocycles. The summed E-state index contributed by atoms with van der Waals surface area (Å²) in [6.45, 7) is 3.50. The van der Waals surface area contributed by atoms with Crippen LogP contribution >= 0.6 is 0 Å².